The van der Waals surface area contributed by atoms with Crippen molar-refractivity contribution < 1.29 is 4.92 Å². The lowest BCUT2D eigenvalue weighted by Gasteiger charge is -2.34. The van der Waals surface area contributed by atoms with Gasteiger partial charge in [0.1, 0.15) is 12.0 Å². The standard InChI is InChI=1S/C13H18BrN3O2/c1-13(2)5-3-9(4-6-13)16-12-11(14)7-10(8-15-12)17(18)19/h7-9H,3-6H2,1-2H3,(H,15,16). The molecule has 0 saturated heterocycles. The van der Waals surface area contributed by atoms with Gasteiger partial charge in [0, 0.05) is 12.1 Å². The van der Waals surface area contributed by atoms with Gasteiger partial charge in [-0.05, 0) is 47.0 Å². The van der Waals surface area contributed by atoms with E-state index in [0.717, 1.165) is 12.8 Å². The molecule has 5 nitrogen and oxygen atoms in total. The first kappa shape index (κ1) is 14.2. The van der Waals surface area contributed by atoms with Gasteiger partial charge in [-0.25, -0.2) is 4.98 Å². The average Bonchev–Trinajstić information content (AvgIpc) is 2.34. The summed E-state index contributed by atoms with van der Waals surface area (Å²) in [6.07, 6.45) is 5.89. The van der Waals surface area contributed by atoms with E-state index in [9.17, 15) is 10.1 Å². The number of nitrogens with zero attached hydrogens (tertiary/aromatic N) is 2. The molecule has 0 radical (unpaired) electrons. The lowest BCUT2D eigenvalue weighted by Crippen LogP contribution is -2.30. The summed E-state index contributed by atoms with van der Waals surface area (Å²) in [5.41, 5.74) is 0.431. The largest absolute Gasteiger partial charge is 0.366 e. The van der Waals surface area contributed by atoms with Crippen LogP contribution in [0, 0.1) is 15.5 Å². The summed E-state index contributed by atoms with van der Waals surface area (Å²) in [5, 5.41) is 14.0. The van der Waals surface area contributed by atoms with Crippen LogP contribution < -0.4 is 5.32 Å². The number of nitrogens with one attached hydrogen (secondary N) is 1. The Morgan fingerprint density at radius 3 is 2.63 bits per heavy atom. The monoisotopic (exact) mass is 327 g/mol. The van der Waals surface area contributed by atoms with Crippen molar-refractivity contribution in [3.63, 3.8) is 0 Å². The molecule has 2 rings (SSSR count). The number of aromatic nitrogens is 1. The molecule has 0 atom stereocenters. The van der Waals surface area contributed by atoms with Crippen LogP contribution in [0.2, 0.25) is 0 Å². The van der Waals surface area contributed by atoms with Gasteiger partial charge in [-0.1, -0.05) is 13.8 Å². The van der Waals surface area contributed by atoms with E-state index in [2.05, 4.69) is 40.1 Å². The molecule has 1 fully saturated rings. The fraction of sp³-hybridized carbons (Fsp3) is 0.615. The highest BCUT2D eigenvalue weighted by Crippen LogP contribution is 2.36. The van der Waals surface area contributed by atoms with E-state index in [-0.39, 0.29) is 5.69 Å². The Balaban J connectivity index is 2.02. The van der Waals surface area contributed by atoms with Crippen molar-refractivity contribution in [3.8, 4) is 0 Å². The maximum absolute atomic E-state index is 10.7. The molecular weight excluding hydrogens is 310 g/mol. The minimum atomic E-state index is -0.440. The predicted molar refractivity (Wildman–Crippen MR) is 78.3 cm³/mol. The highest BCUT2D eigenvalue weighted by atomic mass is 79.9. The molecule has 1 aliphatic rings. The molecular formula is C13H18BrN3O2. The van der Waals surface area contributed by atoms with Gasteiger partial charge in [-0.15, -0.1) is 0 Å². The zero-order chi connectivity index (χ0) is 14.0. The molecule has 0 aromatic carbocycles. The van der Waals surface area contributed by atoms with Crippen LogP contribution in [-0.4, -0.2) is 15.9 Å². The topological polar surface area (TPSA) is 68.1 Å². The highest BCUT2D eigenvalue weighted by molar-refractivity contribution is 9.10. The molecule has 0 amide bonds. The predicted octanol–water partition coefficient (Wildman–Crippen LogP) is 4.13. The smallest absolute Gasteiger partial charge is 0.288 e. The summed E-state index contributed by atoms with van der Waals surface area (Å²) in [4.78, 5) is 14.3. The van der Waals surface area contributed by atoms with Gasteiger partial charge in [0.25, 0.3) is 5.69 Å². The van der Waals surface area contributed by atoms with Gasteiger partial charge in [-0.3, -0.25) is 10.1 Å². The minimum absolute atomic E-state index is 0.00204. The maximum atomic E-state index is 10.7. The third-order valence-electron chi connectivity index (χ3n) is 3.72. The van der Waals surface area contributed by atoms with Crippen LogP contribution in [0.4, 0.5) is 11.5 Å². The third-order valence-corrected chi connectivity index (χ3v) is 4.32. The van der Waals surface area contributed by atoms with Gasteiger partial charge in [-0.2, -0.15) is 0 Å². The van der Waals surface area contributed by atoms with Gasteiger partial charge >= 0.3 is 0 Å². The van der Waals surface area contributed by atoms with E-state index >= 15 is 0 Å². The fourth-order valence-electron chi connectivity index (χ4n) is 2.37. The second kappa shape index (κ2) is 5.45. The van der Waals surface area contributed by atoms with Crippen molar-refractivity contribution in [1.82, 2.24) is 4.98 Å². The quantitative estimate of drug-likeness (QED) is 0.669. The molecule has 19 heavy (non-hydrogen) atoms. The Hall–Kier alpha value is -1.17. The number of halogens is 1. The summed E-state index contributed by atoms with van der Waals surface area (Å²) < 4.78 is 0.645. The lowest BCUT2D eigenvalue weighted by atomic mass is 9.75. The summed E-state index contributed by atoms with van der Waals surface area (Å²) in [7, 11) is 0. The number of hydrogen-bond acceptors (Lipinski definition) is 4. The Labute approximate surface area is 121 Å². The summed E-state index contributed by atoms with van der Waals surface area (Å²) in [6.45, 7) is 4.59. The zero-order valence-corrected chi connectivity index (χ0v) is 12.7. The van der Waals surface area contributed by atoms with E-state index in [1.165, 1.54) is 25.1 Å². The van der Waals surface area contributed by atoms with Crippen molar-refractivity contribution >= 4 is 27.4 Å². The van der Waals surface area contributed by atoms with Crippen LogP contribution in [0.25, 0.3) is 0 Å². The van der Waals surface area contributed by atoms with Crippen LogP contribution >= 0.6 is 15.9 Å². The fourth-order valence-corrected chi connectivity index (χ4v) is 2.82. The van der Waals surface area contributed by atoms with Crippen LogP contribution in [0.15, 0.2) is 16.7 Å². The molecule has 1 saturated carbocycles. The highest BCUT2D eigenvalue weighted by Gasteiger charge is 2.27. The molecule has 1 aromatic rings. The van der Waals surface area contributed by atoms with E-state index < -0.39 is 4.92 Å². The number of pyridine rings is 1. The van der Waals surface area contributed by atoms with Gasteiger partial charge in [0.05, 0.1) is 9.40 Å². The average molecular weight is 328 g/mol. The summed E-state index contributed by atoms with van der Waals surface area (Å²) in [6, 6.07) is 1.89. The van der Waals surface area contributed by atoms with Crippen LogP contribution in [0.5, 0.6) is 0 Å². The summed E-state index contributed by atoms with van der Waals surface area (Å²) in [5.74, 6) is 0.690. The van der Waals surface area contributed by atoms with E-state index in [1.54, 1.807) is 0 Å². The summed E-state index contributed by atoms with van der Waals surface area (Å²) >= 11 is 3.34. The normalized spacial score (nSPS) is 19.1. The van der Waals surface area contributed by atoms with E-state index in [1.807, 2.05) is 0 Å². The van der Waals surface area contributed by atoms with Gasteiger partial charge in [0.2, 0.25) is 0 Å². The Morgan fingerprint density at radius 2 is 2.11 bits per heavy atom. The van der Waals surface area contributed by atoms with Crippen molar-refractivity contribution in [3.05, 3.63) is 26.9 Å². The zero-order valence-electron chi connectivity index (χ0n) is 11.1. The molecule has 0 unspecified atom stereocenters. The van der Waals surface area contributed by atoms with E-state index in [0.29, 0.717) is 21.7 Å². The first-order chi connectivity index (χ1) is 8.87. The lowest BCUT2D eigenvalue weighted by molar-refractivity contribution is -0.385. The first-order valence-electron chi connectivity index (χ1n) is 6.44. The van der Waals surface area contributed by atoms with Crippen LogP contribution in [-0.2, 0) is 0 Å². The number of rotatable bonds is 3. The molecule has 1 aromatic heterocycles. The van der Waals surface area contributed by atoms with Crippen molar-refractivity contribution in [2.45, 2.75) is 45.6 Å². The maximum Gasteiger partial charge on any atom is 0.288 e. The van der Waals surface area contributed by atoms with Crippen molar-refractivity contribution in [2.75, 3.05) is 5.32 Å². The Kier molecular flexibility index (Phi) is 4.08. The molecule has 6 heteroatoms. The number of nitro groups is 1. The molecule has 0 spiro atoms. The molecule has 0 bridgehead atoms. The molecule has 1 aliphatic carbocycles. The Bertz CT molecular complexity index is 481. The second-order valence-corrected chi connectivity index (χ2v) is 6.72. The molecule has 1 N–H and O–H groups in total. The molecule has 0 aliphatic heterocycles. The number of hydrogen-bond donors (Lipinski definition) is 1. The van der Waals surface area contributed by atoms with Crippen molar-refractivity contribution in [1.29, 1.82) is 0 Å². The van der Waals surface area contributed by atoms with Gasteiger partial charge in [0.15, 0.2) is 0 Å². The molecule has 104 valence electrons. The van der Waals surface area contributed by atoms with Crippen LogP contribution in [0.1, 0.15) is 39.5 Å². The Morgan fingerprint density at radius 1 is 1.47 bits per heavy atom. The first-order valence-corrected chi connectivity index (χ1v) is 7.23. The molecule has 1 heterocycles. The SMILES string of the molecule is CC1(C)CCC(Nc2ncc([N+](=O)[O-])cc2Br)CC1. The second-order valence-electron chi connectivity index (χ2n) is 5.86. The van der Waals surface area contributed by atoms with E-state index in [4.69, 9.17) is 0 Å². The van der Waals surface area contributed by atoms with Crippen LogP contribution in [0.3, 0.4) is 0 Å². The van der Waals surface area contributed by atoms with Crippen molar-refractivity contribution in [2.24, 2.45) is 5.41 Å². The minimum Gasteiger partial charge on any atom is -0.366 e. The third kappa shape index (κ3) is 3.65. The van der Waals surface area contributed by atoms with Gasteiger partial charge < -0.3 is 5.32 Å². The number of anilines is 1.